The Hall–Kier alpha value is -2.62. The number of ketones is 1. The van der Waals surface area contributed by atoms with Crippen molar-refractivity contribution >= 4 is 17.4 Å². The number of rotatable bonds is 5. The Morgan fingerprint density at radius 2 is 1.70 bits per heavy atom. The van der Waals surface area contributed by atoms with Crippen LogP contribution in [0.2, 0.25) is 0 Å². The Balaban J connectivity index is 2.19. The summed E-state index contributed by atoms with van der Waals surface area (Å²) in [5.74, 6) is 0.420. The van der Waals surface area contributed by atoms with Gasteiger partial charge in [-0.25, -0.2) is 0 Å². The lowest BCUT2D eigenvalue weighted by Gasteiger charge is -2.11. The van der Waals surface area contributed by atoms with E-state index in [0.717, 1.165) is 16.8 Å². The number of aryl methyl sites for hydroxylation is 2. The van der Waals surface area contributed by atoms with Gasteiger partial charge in [0, 0.05) is 16.8 Å². The molecule has 0 aliphatic heterocycles. The molecule has 0 aliphatic carbocycles. The number of nitrogens with one attached hydrogen (secondary N) is 1. The number of ether oxygens (including phenoxy) is 1. The standard InChI is InChI=1S/C19H21NO3/c1-12-7-13(2)9-17(8-12)20-19(22)11-16-10-15(14(3)21)5-6-18(16)23-4/h5-10H,11H2,1-4H3,(H,20,22). The average Bonchev–Trinajstić information content (AvgIpc) is 2.45. The van der Waals surface area contributed by atoms with E-state index in [1.807, 2.05) is 26.0 Å². The molecule has 2 aromatic carbocycles. The zero-order chi connectivity index (χ0) is 17.0. The van der Waals surface area contributed by atoms with Crippen LogP contribution in [0.15, 0.2) is 36.4 Å². The van der Waals surface area contributed by atoms with Crippen molar-refractivity contribution in [2.75, 3.05) is 12.4 Å². The fraction of sp³-hybridized carbons (Fsp3) is 0.263. The van der Waals surface area contributed by atoms with E-state index < -0.39 is 0 Å². The van der Waals surface area contributed by atoms with Crippen molar-refractivity contribution in [2.45, 2.75) is 27.2 Å². The third-order valence-electron chi connectivity index (χ3n) is 3.54. The van der Waals surface area contributed by atoms with Crippen LogP contribution in [0.3, 0.4) is 0 Å². The van der Waals surface area contributed by atoms with Crippen LogP contribution in [-0.2, 0) is 11.2 Å². The minimum absolute atomic E-state index is 0.0383. The molecule has 0 heterocycles. The molecular formula is C19H21NO3. The summed E-state index contributed by atoms with van der Waals surface area (Å²) < 4.78 is 5.28. The number of hydrogen-bond donors (Lipinski definition) is 1. The number of methoxy groups -OCH3 is 1. The molecule has 0 spiro atoms. The van der Waals surface area contributed by atoms with E-state index in [9.17, 15) is 9.59 Å². The van der Waals surface area contributed by atoms with Crippen molar-refractivity contribution in [3.8, 4) is 5.75 Å². The summed E-state index contributed by atoms with van der Waals surface area (Å²) in [7, 11) is 1.55. The second-order valence-corrected chi connectivity index (χ2v) is 5.68. The maximum Gasteiger partial charge on any atom is 0.228 e. The van der Waals surface area contributed by atoms with Crippen molar-refractivity contribution in [1.82, 2.24) is 0 Å². The summed E-state index contributed by atoms with van der Waals surface area (Å²) in [5, 5.41) is 2.89. The first-order valence-electron chi connectivity index (χ1n) is 7.45. The van der Waals surface area contributed by atoms with Crippen molar-refractivity contribution < 1.29 is 14.3 Å². The SMILES string of the molecule is COc1ccc(C(C)=O)cc1CC(=O)Nc1cc(C)cc(C)c1. The van der Waals surface area contributed by atoms with Crippen molar-refractivity contribution in [3.05, 3.63) is 58.7 Å². The van der Waals surface area contributed by atoms with Gasteiger partial charge in [-0.3, -0.25) is 9.59 Å². The zero-order valence-electron chi connectivity index (χ0n) is 13.9. The molecule has 1 amide bonds. The molecule has 0 atom stereocenters. The van der Waals surface area contributed by atoms with Gasteiger partial charge < -0.3 is 10.1 Å². The molecule has 0 unspecified atom stereocenters. The first-order chi connectivity index (χ1) is 10.9. The van der Waals surface area contributed by atoms with Gasteiger partial charge in [0.25, 0.3) is 0 Å². The molecule has 0 fully saturated rings. The third kappa shape index (κ3) is 4.42. The number of hydrogen-bond acceptors (Lipinski definition) is 3. The molecule has 4 nitrogen and oxygen atoms in total. The molecular weight excluding hydrogens is 290 g/mol. The fourth-order valence-electron chi connectivity index (χ4n) is 2.56. The first kappa shape index (κ1) is 16.7. The number of carbonyl (C=O) groups excluding carboxylic acids is 2. The van der Waals surface area contributed by atoms with Gasteiger partial charge in [-0.2, -0.15) is 0 Å². The molecule has 120 valence electrons. The molecule has 0 aliphatic rings. The van der Waals surface area contributed by atoms with E-state index in [0.29, 0.717) is 16.9 Å². The van der Waals surface area contributed by atoms with E-state index in [2.05, 4.69) is 11.4 Å². The second kappa shape index (κ2) is 7.09. The second-order valence-electron chi connectivity index (χ2n) is 5.68. The minimum atomic E-state index is -0.144. The van der Waals surface area contributed by atoms with E-state index in [-0.39, 0.29) is 18.1 Å². The normalized spacial score (nSPS) is 10.3. The third-order valence-corrected chi connectivity index (χ3v) is 3.54. The van der Waals surface area contributed by atoms with Crippen LogP contribution < -0.4 is 10.1 Å². The monoisotopic (exact) mass is 311 g/mol. The van der Waals surface area contributed by atoms with Crippen LogP contribution in [0.4, 0.5) is 5.69 Å². The Morgan fingerprint density at radius 1 is 1.04 bits per heavy atom. The zero-order valence-corrected chi connectivity index (χ0v) is 13.9. The van der Waals surface area contributed by atoms with Gasteiger partial charge in [0.1, 0.15) is 5.75 Å². The highest BCUT2D eigenvalue weighted by molar-refractivity contribution is 5.96. The van der Waals surface area contributed by atoms with Gasteiger partial charge in [0.05, 0.1) is 13.5 Å². The Bertz CT molecular complexity index is 730. The quantitative estimate of drug-likeness (QED) is 0.857. The Morgan fingerprint density at radius 3 is 2.26 bits per heavy atom. The highest BCUT2D eigenvalue weighted by atomic mass is 16.5. The topological polar surface area (TPSA) is 55.4 Å². The summed E-state index contributed by atoms with van der Waals surface area (Å²) in [5.41, 5.74) is 4.23. The van der Waals surface area contributed by atoms with Crippen LogP contribution in [0.5, 0.6) is 5.75 Å². The van der Waals surface area contributed by atoms with Crippen LogP contribution >= 0.6 is 0 Å². The lowest BCUT2D eigenvalue weighted by Crippen LogP contribution is -2.15. The van der Waals surface area contributed by atoms with Crippen molar-refractivity contribution in [2.24, 2.45) is 0 Å². The van der Waals surface area contributed by atoms with Crippen LogP contribution in [0.25, 0.3) is 0 Å². The molecule has 2 rings (SSSR count). The van der Waals surface area contributed by atoms with E-state index in [1.165, 1.54) is 6.92 Å². The van der Waals surface area contributed by atoms with Crippen LogP contribution in [0.1, 0.15) is 34.0 Å². The number of anilines is 1. The molecule has 2 aromatic rings. The van der Waals surface area contributed by atoms with Crippen molar-refractivity contribution in [1.29, 1.82) is 0 Å². The highest BCUT2D eigenvalue weighted by Crippen LogP contribution is 2.22. The molecule has 0 bridgehead atoms. The fourth-order valence-corrected chi connectivity index (χ4v) is 2.56. The smallest absolute Gasteiger partial charge is 0.228 e. The van der Waals surface area contributed by atoms with Gasteiger partial charge in [0.15, 0.2) is 5.78 Å². The first-order valence-corrected chi connectivity index (χ1v) is 7.45. The van der Waals surface area contributed by atoms with E-state index in [1.54, 1.807) is 25.3 Å². The number of benzene rings is 2. The van der Waals surface area contributed by atoms with Crippen LogP contribution in [0, 0.1) is 13.8 Å². The molecule has 0 aromatic heterocycles. The van der Waals surface area contributed by atoms with Gasteiger partial charge in [-0.05, 0) is 62.2 Å². The van der Waals surface area contributed by atoms with Gasteiger partial charge in [0.2, 0.25) is 5.91 Å². The predicted octanol–water partition coefficient (Wildman–Crippen LogP) is 3.70. The average molecular weight is 311 g/mol. The predicted molar refractivity (Wildman–Crippen MR) is 91.2 cm³/mol. The number of amides is 1. The molecule has 0 saturated carbocycles. The lowest BCUT2D eigenvalue weighted by molar-refractivity contribution is -0.115. The summed E-state index contributed by atoms with van der Waals surface area (Å²) in [6.45, 7) is 5.48. The van der Waals surface area contributed by atoms with Gasteiger partial charge in [-0.1, -0.05) is 6.07 Å². The molecule has 0 saturated heterocycles. The molecule has 4 heteroatoms. The van der Waals surface area contributed by atoms with Crippen molar-refractivity contribution in [3.63, 3.8) is 0 Å². The largest absolute Gasteiger partial charge is 0.496 e. The Kier molecular flexibility index (Phi) is 5.16. The van der Waals surface area contributed by atoms with Gasteiger partial charge in [-0.15, -0.1) is 0 Å². The Labute approximate surface area is 136 Å². The molecule has 1 N–H and O–H groups in total. The number of carbonyl (C=O) groups is 2. The summed E-state index contributed by atoms with van der Waals surface area (Å²) in [6.07, 6.45) is 0.150. The lowest BCUT2D eigenvalue weighted by atomic mass is 10.0. The van der Waals surface area contributed by atoms with Crippen LogP contribution in [-0.4, -0.2) is 18.8 Å². The molecule has 0 radical (unpaired) electrons. The minimum Gasteiger partial charge on any atom is -0.496 e. The summed E-state index contributed by atoms with van der Waals surface area (Å²) >= 11 is 0. The molecule has 23 heavy (non-hydrogen) atoms. The maximum atomic E-state index is 12.3. The summed E-state index contributed by atoms with van der Waals surface area (Å²) in [4.78, 5) is 23.8. The number of Topliss-reactive ketones (excluding diaryl/α,β-unsaturated/α-hetero) is 1. The maximum absolute atomic E-state index is 12.3. The van der Waals surface area contributed by atoms with E-state index >= 15 is 0 Å². The van der Waals surface area contributed by atoms with Gasteiger partial charge >= 0.3 is 0 Å². The van der Waals surface area contributed by atoms with E-state index in [4.69, 9.17) is 4.74 Å². The highest BCUT2D eigenvalue weighted by Gasteiger charge is 2.12. The summed E-state index contributed by atoms with van der Waals surface area (Å²) in [6, 6.07) is 11.0.